The Morgan fingerprint density at radius 3 is 2.68 bits per heavy atom. The maximum absolute atomic E-state index is 6.17. The Bertz CT molecular complexity index is 1240. The van der Waals surface area contributed by atoms with Crippen molar-refractivity contribution in [3.05, 3.63) is 94.6 Å². The van der Waals surface area contributed by atoms with Gasteiger partial charge in [0, 0.05) is 35.3 Å². The molecule has 6 heteroatoms. The smallest absolute Gasteiger partial charge is 0.156 e. The summed E-state index contributed by atoms with van der Waals surface area (Å²) in [7, 11) is 2.13. The monoisotopic (exact) mass is 428 g/mol. The molecule has 0 aliphatic carbocycles. The van der Waals surface area contributed by atoms with Gasteiger partial charge in [0.1, 0.15) is 16.3 Å². The number of nitrogens with zero attached hydrogens (tertiary/aromatic N) is 4. The lowest BCUT2D eigenvalue weighted by Crippen LogP contribution is -2.21. The van der Waals surface area contributed by atoms with Crippen molar-refractivity contribution >= 4 is 22.3 Å². The number of benzene rings is 2. The first-order valence-electron chi connectivity index (χ1n) is 10.4. The highest BCUT2D eigenvalue weighted by molar-refractivity contribution is 7.09. The zero-order valence-corrected chi connectivity index (χ0v) is 18.4. The molecule has 0 amide bonds. The highest BCUT2D eigenvalue weighted by Gasteiger charge is 2.20. The van der Waals surface area contributed by atoms with Crippen LogP contribution < -0.4 is 0 Å². The molecule has 5 nitrogen and oxygen atoms in total. The van der Waals surface area contributed by atoms with Crippen molar-refractivity contribution < 1.29 is 4.42 Å². The molecule has 0 bridgehead atoms. The average molecular weight is 429 g/mol. The van der Waals surface area contributed by atoms with Crippen molar-refractivity contribution in [3.8, 4) is 11.5 Å². The van der Waals surface area contributed by atoms with Gasteiger partial charge in [0.05, 0.1) is 12.6 Å². The van der Waals surface area contributed by atoms with E-state index in [1.165, 1.54) is 5.56 Å². The molecule has 3 aromatic heterocycles. The summed E-state index contributed by atoms with van der Waals surface area (Å²) in [4.78, 5) is 6.79. The van der Waals surface area contributed by atoms with E-state index >= 15 is 0 Å². The van der Waals surface area contributed by atoms with Crippen molar-refractivity contribution in [2.45, 2.75) is 26.1 Å². The summed E-state index contributed by atoms with van der Waals surface area (Å²) in [6.07, 6.45) is 4.00. The van der Waals surface area contributed by atoms with Gasteiger partial charge in [-0.3, -0.25) is 9.58 Å². The van der Waals surface area contributed by atoms with E-state index in [1.807, 2.05) is 40.5 Å². The predicted molar refractivity (Wildman–Crippen MR) is 125 cm³/mol. The van der Waals surface area contributed by atoms with Crippen LogP contribution in [-0.2, 0) is 13.1 Å². The Kier molecular flexibility index (Phi) is 5.40. The third kappa shape index (κ3) is 4.17. The molecule has 0 N–H and O–H groups in total. The summed E-state index contributed by atoms with van der Waals surface area (Å²) < 4.78 is 8.18. The number of thiazole rings is 1. The molecule has 0 radical (unpaired) electrons. The van der Waals surface area contributed by atoms with Crippen LogP contribution in [0.25, 0.3) is 22.4 Å². The first-order valence-corrected chi connectivity index (χ1v) is 11.2. The molecular formula is C25H24N4OS. The van der Waals surface area contributed by atoms with Crippen LogP contribution in [0.5, 0.6) is 0 Å². The molecule has 0 aliphatic rings. The van der Waals surface area contributed by atoms with Gasteiger partial charge in [0.25, 0.3) is 0 Å². The molecule has 0 saturated carbocycles. The molecular weight excluding hydrogens is 404 g/mol. The molecule has 0 aliphatic heterocycles. The summed E-state index contributed by atoms with van der Waals surface area (Å²) in [5.74, 6) is 0.804. The van der Waals surface area contributed by atoms with Crippen molar-refractivity contribution in [2.75, 3.05) is 7.05 Å². The van der Waals surface area contributed by atoms with E-state index in [1.54, 1.807) is 11.3 Å². The number of hydrogen-bond acceptors (Lipinski definition) is 5. The summed E-state index contributed by atoms with van der Waals surface area (Å²) >= 11 is 1.69. The second-order valence-electron chi connectivity index (χ2n) is 7.80. The number of para-hydroxylation sites is 1. The van der Waals surface area contributed by atoms with Gasteiger partial charge < -0.3 is 4.42 Å². The van der Waals surface area contributed by atoms with Gasteiger partial charge in [-0.05, 0) is 31.7 Å². The normalized spacial score (nSPS) is 12.6. The minimum atomic E-state index is 0.223. The number of fused-ring (bicyclic) bond motifs is 1. The van der Waals surface area contributed by atoms with Crippen LogP contribution in [0, 0.1) is 0 Å². The number of rotatable bonds is 7. The quantitative estimate of drug-likeness (QED) is 0.319. The Balaban J connectivity index is 1.50. The van der Waals surface area contributed by atoms with Gasteiger partial charge in [-0.2, -0.15) is 5.10 Å². The number of hydrogen-bond donors (Lipinski definition) is 0. The molecule has 0 saturated heterocycles. The summed E-state index contributed by atoms with van der Waals surface area (Å²) in [5, 5.41) is 9.16. The van der Waals surface area contributed by atoms with E-state index in [9.17, 15) is 0 Å². The molecule has 5 rings (SSSR count). The molecule has 156 valence electrons. The third-order valence-corrected chi connectivity index (χ3v) is 6.52. The van der Waals surface area contributed by atoms with Crippen molar-refractivity contribution in [1.82, 2.24) is 19.7 Å². The van der Waals surface area contributed by atoms with Crippen LogP contribution in [0.1, 0.15) is 29.1 Å². The minimum absolute atomic E-state index is 0.223. The second kappa shape index (κ2) is 8.49. The lowest BCUT2D eigenvalue weighted by atomic mass is 10.1. The summed E-state index contributed by atoms with van der Waals surface area (Å²) in [6, 6.07) is 20.8. The fraction of sp³-hybridized carbons (Fsp3) is 0.200. The fourth-order valence-corrected chi connectivity index (χ4v) is 4.53. The fourth-order valence-electron chi connectivity index (χ4n) is 3.77. The number of aromatic nitrogens is 3. The molecule has 5 aromatic rings. The molecule has 0 unspecified atom stereocenters. The highest BCUT2D eigenvalue weighted by Crippen LogP contribution is 2.31. The molecule has 0 spiro atoms. The molecule has 2 aromatic carbocycles. The van der Waals surface area contributed by atoms with Crippen LogP contribution in [0.2, 0.25) is 0 Å². The third-order valence-electron chi connectivity index (χ3n) is 5.57. The van der Waals surface area contributed by atoms with E-state index in [0.717, 1.165) is 46.1 Å². The van der Waals surface area contributed by atoms with Crippen LogP contribution in [0.3, 0.4) is 0 Å². The lowest BCUT2D eigenvalue weighted by Gasteiger charge is -2.22. The van der Waals surface area contributed by atoms with E-state index in [2.05, 4.69) is 66.5 Å². The summed E-state index contributed by atoms with van der Waals surface area (Å²) in [6.45, 7) is 3.66. The Labute approximate surface area is 185 Å². The SMILES string of the molecule is C[C@@H](c1nccs1)N(C)Cc1cn(Cc2ccccc2)nc1-c1cc2ccccc2o1. The van der Waals surface area contributed by atoms with Crippen LogP contribution in [0.15, 0.2) is 82.9 Å². The van der Waals surface area contributed by atoms with Crippen LogP contribution >= 0.6 is 11.3 Å². The lowest BCUT2D eigenvalue weighted by molar-refractivity contribution is 0.252. The van der Waals surface area contributed by atoms with Gasteiger partial charge in [0.2, 0.25) is 0 Å². The van der Waals surface area contributed by atoms with Gasteiger partial charge >= 0.3 is 0 Å². The molecule has 0 fully saturated rings. The topological polar surface area (TPSA) is 47.1 Å². The van der Waals surface area contributed by atoms with E-state index in [0.29, 0.717) is 0 Å². The van der Waals surface area contributed by atoms with Gasteiger partial charge in [-0.25, -0.2) is 4.98 Å². The van der Waals surface area contributed by atoms with Crippen molar-refractivity contribution in [2.24, 2.45) is 0 Å². The van der Waals surface area contributed by atoms with E-state index < -0.39 is 0 Å². The zero-order valence-electron chi connectivity index (χ0n) is 17.6. The molecule has 3 heterocycles. The Morgan fingerprint density at radius 1 is 1.10 bits per heavy atom. The molecule has 31 heavy (non-hydrogen) atoms. The Hall–Kier alpha value is -3.22. The maximum Gasteiger partial charge on any atom is 0.156 e. The van der Waals surface area contributed by atoms with Crippen molar-refractivity contribution in [3.63, 3.8) is 0 Å². The largest absolute Gasteiger partial charge is 0.454 e. The van der Waals surface area contributed by atoms with Gasteiger partial charge in [-0.1, -0.05) is 48.5 Å². The summed E-state index contributed by atoms with van der Waals surface area (Å²) in [5.41, 5.74) is 4.13. The predicted octanol–water partition coefficient (Wildman–Crippen LogP) is 5.99. The molecule has 1 atom stereocenters. The van der Waals surface area contributed by atoms with Gasteiger partial charge in [-0.15, -0.1) is 11.3 Å². The first kappa shape index (κ1) is 19.7. The van der Waals surface area contributed by atoms with E-state index in [-0.39, 0.29) is 6.04 Å². The van der Waals surface area contributed by atoms with Crippen LogP contribution in [0.4, 0.5) is 0 Å². The van der Waals surface area contributed by atoms with Gasteiger partial charge in [0.15, 0.2) is 5.76 Å². The maximum atomic E-state index is 6.17. The second-order valence-corrected chi connectivity index (χ2v) is 8.72. The zero-order chi connectivity index (χ0) is 21.2. The Morgan fingerprint density at radius 2 is 1.90 bits per heavy atom. The minimum Gasteiger partial charge on any atom is -0.454 e. The van der Waals surface area contributed by atoms with Crippen LogP contribution in [-0.4, -0.2) is 26.7 Å². The highest BCUT2D eigenvalue weighted by atomic mass is 32.1. The average Bonchev–Trinajstić information content (AvgIpc) is 3.53. The van der Waals surface area contributed by atoms with Crippen molar-refractivity contribution in [1.29, 1.82) is 0 Å². The number of furan rings is 1. The van der Waals surface area contributed by atoms with E-state index in [4.69, 9.17) is 9.52 Å². The standard InChI is InChI=1S/C25H24N4OS/c1-18(25-26-12-13-31-25)28(2)16-21-17-29(15-19-8-4-3-5-9-19)27-24(21)23-14-20-10-6-7-11-22(20)30-23/h3-14,17-18H,15-16H2,1-2H3/t18-/m0/s1. The first-order chi connectivity index (χ1) is 15.2.